The number of amides is 2. The summed E-state index contributed by atoms with van der Waals surface area (Å²) in [4.78, 5) is 14.2. The average Bonchev–Trinajstić information content (AvgIpc) is 2.44. The first-order valence-electron chi connectivity index (χ1n) is 7.66. The topological polar surface area (TPSA) is 53.6 Å². The molecule has 122 valence electrons. The highest BCUT2D eigenvalue weighted by atomic mass is 19.1. The number of ether oxygens (including phenoxy) is 1. The van der Waals surface area contributed by atoms with Gasteiger partial charge in [-0.3, -0.25) is 0 Å². The Labute approximate surface area is 130 Å². The molecule has 1 fully saturated rings. The van der Waals surface area contributed by atoms with Crippen molar-refractivity contribution in [2.45, 2.75) is 38.8 Å². The molecule has 1 aromatic carbocycles. The summed E-state index contributed by atoms with van der Waals surface area (Å²) in [5.41, 5.74) is 0.154. The Balaban J connectivity index is 1.88. The van der Waals surface area contributed by atoms with Gasteiger partial charge in [0, 0.05) is 12.1 Å². The van der Waals surface area contributed by atoms with Crippen LogP contribution in [0.5, 0.6) is 5.75 Å². The minimum atomic E-state index is -0.503. The molecule has 22 heavy (non-hydrogen) atoms. The number of carbonyl (C=O) groups is 1. The lowest BCUT2D eigenvalue weighted by Gasteiger charge is -2.29. The van der Waals surface area contributed by atoms with Gasteiger partial charge in [-0.05, 0) is 59.0 Å². The quantitative estimate of drug-likeness (QED) is 0.899. The highest BCUT2D eigenvalue weighted by Crippen LogP contribution is 2.21. The van der Waals surface area contributed by atoms with Gasteiger partial charge < -0.3 is 20.3 Å². The average molecular weight is 309 g/mol. The van der Waals surface area contributed by atoms with Crippen molar-refractivity contribution in [3.05, 3.63) is 24.0 Å². The summed E-state index contributed by atoms with van der Waals surface area (Å²) in [6.07, 6.45) is 1.80. The monoisotopic (exact) mass is 309 g/mol. The number of nitrogens with zero attached hydrogens (tertiary/aromatic N) is 1. The first kappa shape index (κ1) is 16.5. The lowest BCUT2D eigenvalue weighted by Crippen LogP contribution is -2.44. The summed E-state index contributed by atoms with van der Waals surface area (Å²) in [6.45, 7) is 5.67. The molecule has 0 aliphatic carbocycles. The van der Waals surface area contributed by atoms with Crippen LogP contribution in [0.15, 0.2) is 18.2 Å². The maximum atomic E-state index is 14.0. The number of nitrogens with one attached hydrogen (secondary N) is 2. The van der Waals surface area contributed by atoms with Gasteiger partial charge in [0.15, 0.2) is 0 Å². The van der Waals surface area contributed by atoms with Gasteiger partial charge in [0.2, 0.25) is 0 Å². The molecule has 0 bridgehead atoms. The van der Waals surface area contributed by atoms with Gasteiger partial charge >= 0.3 is 6.03 Å². The van der Waals surface area contributed by atoms with Crippen molar-refractivity contribution in [1.29, 1.82) is 0 Å². The molecular formula is C16H24FN3O2. The summed E-state index contributed by atoms with van der Waals surface area (Å²) in [5, 5.41) is 5.44. The van der Waals surface area contributed by atoms with Crippen LogP contribution in [0.2, 0.25) is 0 Å². The number of hydrogen-bond donors (Lipinski definition) is 2. The molecule has 0 saturated carbocycles. The Hall–Kier alpha value is -1.82. The first-order chi connectivity index (χ1) is 10.4. The molecule has 2 N–H and O–H groups in total. The molecule has 2 rings (SSSR count). The SMILES string of the molecule is CC(C)Oc1ccc(NC(=O)NC2CCN(C)CC2)c(F)c1. The van der Waals surface area contributed by atoms with Crippen molar-refractivity contribution >= 4 is 11.7 Å². The number of benzene rings is 1. The fourth-order valence-corrected chi connectivity index (χ4v) is 2.44. The number of hydrogen-bond acceptors (Lipinski definition) is 3. The van der Waals surface area contributed by atoms with Crippen LogP contribution in [0.25, 0.3) is 0 Å². The molecule has 0 radical (unpaired) electrons. The van der Waals surface area contributed by atoms with Gasteiger partial charge in [0.25, 0.3) is 0 Å². The summed E-state index contributed by atoms with van der Waals surface area (Å²) < 4.78 is 19.4. The fourth-order valence-electron chi connectivity index (χ4n) is 2.44. The van der Waals surface area contributed by atoms with E-state index in [-0.39, 0.29) is 23.9 Å². The van der Waals surface area contributed by atoms with Crippen molar-refractivity contribution in [3.63, 3.8) is 0 Å². The van der Waals surface area contributed by atoms with E-state index in [9.17, 15) is 9.18 Å². The zero-order chi connectivity index (χ0) is 16.1. The van der Waals surface area contributed by atoms with Crippen molar-refractivity contribution in [2.24, 2.45) is 0 Å². The normalized spacial score (nSPS) is 16.6. The van der Waals surface area contributed by atoms with Crippen molar-refractivity contribution in [3.8, 4) is 5.75 Å². The van der Waals surface area contributed by atoms with Crippen LogP contribution < -0.4 is 15.4 Å². The number of halogens is 1. The maximum Gasteiger partial charge on any atom is 0.319 e. The molecule has 5 nitrogen and oxygen atoms in total. The van der Waals surface area contributed by atoms with Crippen LogP contribution in [0.4, 0.5) is 14.9 Å². The third-order valence-electron chi connectivity index (χ3n) is 3.61. The lowest BCUT2D eigenvalue weighted by molar-refractivity contribution is 0.221. The predicted octanol–water partition coefficient (Wildman–Crippen LogP) is 2.83. The zero-order valence-electron chi connectivity index (χ0n) is 13.4. The van der Waals surface area contributed by atoms with E-state index in [1.165, 1.54) is 12.1 Å². The molecule has 2 amide bonds. The van der Waals surface area contributed by atoms with Crippen molar-refractivity contribution < 1.29 is 13.9 Å². The smallest absolute Gasteiger partial charge is 0.319 e. The Morgan fingerprint density at radius 1 is 1.36 bits per heavy atom. The lowest BCUT2D eigenvalue weighted by atomic mass is 10.1. The second kappa shape index (κ2) is 7.45. The Bertz CT molecular complexity index is 514. The van der Waals surface area contributed by atoms with Gasteiger partial charge in [-0.2, -0.15) is 0 Å². The number of carbonyl (C=O) groups excluding carboxylic acids is 1. The van der Waals surface area contributed by atoms with Crippen LogP contribution in [-0.2, 0) is 0 Å². The van der Waals surface area contributed by atoms with Crippen molar-refractivity contribution in [1.82, 2.24) is 10.2 Å². The second-order valence-electron chi connectivity index (χ2n) is 5.98. The highest BCUT2D eigenvalue weighted by molar-refractivity contribution is 5.89. The van der Waals surface area contributed by atoms with E-state index in [0.29, 0.717) is 5.75 Å². The Morgan fingerprint density at radius 2 is 2.05 bits per heavy atom. The molecule has 6 heteroatoms. The standard InChI is InChI=1S/C16H24FN3O2/c1-11(2)22-13-4-5-15(14(17)10-13)19-16(21)18-12-6-8-20(3)9-7-12/h4-5,10-12H,6-9H2,1-3H3,(H2,18,19,21). The molecule has 0 spiro atoms. The largest absolute Gasteiger partial charge is 0.491 e. The van der Waals surface area contributed by atoms with Crippen LogP contribution >= 0.6 is 0 Å². The second-order valence-corrected chi connectivity index (χ2v) is 5.98. The summed E-state index contributed by atoms with van der Waals surface area (Å²) >= 11 is 0. The molecule has 1 aliphatic rings. The van der Waals surface area contributed by atoms with Crippen LogP contribution in [0.1, 0.15) is 26.7 Å². The molecule has 1 saturated heterocycles. The highest BCUT2D eigenvalue weighted by Gasteiger charge is 2.19. The zero-order valence-corrected chi connectivity index (χ0v) is 13.4. The van der Waals surface area contributed by atoms with E-state index < -0.39 is 5.82 Å². The van der Waals surface area contributed by atoms with Gasteiger partial charge in [-0.1, -0.05) is 0 Å². The predicted molar refractivity (Wildman–Crippen MR) is 84.8 cm³/mol. The number of rotatable bonds is 4. The first-order valence-corrected chi connectivity index (χ1v) is 7.66. The van der Waals surface area contributed by atoms with E-state index in [4.69, 9.17) is 4.74 Å². The minimum absolute atomic E-state index is 0.0223. The molecular weight excluding hydrogens is 285 g/mol. The van der Waals surface area contributed by atoms with Gasteiger partial charge in [0.1, 0.15) is 11.6 Å². The van der Waals surface area contributed by atoms with E-state index in [1.807, 2.05) is 13.8 Å². The molecule has 1 heterocycles. The molecule has 1 aliphatic heterocycles. The van der Waals surface area contributed by atoms with E-state index in [2.05, 4.69) is 22.6 Å². The number of piperidine rings is 1. The Kier molecular flexibility index (Phi) is 5.60. The van der Waals surface area contributed by atoms with E-state index in [0.717, 1.165) is 25.9 Å². The summed E-state index contributed by atoms with van der Waals surface area (Å²) in [5.74, 6) is -0.0505. The van der Waals surface area contributed by atoms with E-state index >= 15 is 0 Å². The van der Waals surface area contributed by atoms with Gasteiger partial charge in [0.05, 0.1) is 11.8 Å². The molecule has 0 aromatic heterocycles. The maximum absolute atomic E-state index is 14.0. The number of likely N-dealkylation sites (tertiary alicyclic amines) is 1. The minimum Gasteiger partial charge on any atom is -0.491 e. The third-order valence-corrected chi connectivity index (χ3v) is 3.61. The van der Waals surface area contributed by atoms with Gasteiger partial charge in [-0.25, -0.2) is 9.18 Å². The van der Waals surface area contributed by atoms with Gasteiger partial charge in [-0.15, -0.1) is 0 Å². The van der Waals surface area contributed by atoms with Crippen molar-refractivity contribution in [2.75, 3.05) is 25.5 Å². The fraction of sp³-hybridized carbons (Fsp3) is 0.562. The number of urea groups is 1. The van der Waals surface area contributed by atoms with Crippen LogP contribution in [0.3, 0.4) is 0 Å². The number of anilines is 1. The van der Waals surface area contributed by atoms with Crippen LogP contribution in [0, 0.1) is 5.82 Å². The molecule has 0 atom stereocenters. The van der Waals surface area contributed by atoms with Crippen LogP contribution in [-0.4, -0.2) is 43.2 Å². The summed E-state index contributed by atoms with van der Waals surface area (Å²) in [6, 6.07) is 4.22. The third kappa shape index (κ3) is 4.87. The molecule has 1 aromatic rings. The summed E-state index contributed by atoms with van der Waals surface area (Å²) in [7, 11) is 2.06. The Morgan fingerprint density at radius 3 is 2.64 bits per heavy atom. The molecule has 0 unspecified atom stereocenters. The van der Waals surface area contributed by atoms with E-state index in [1.54, 1.807) is 6.07 Å².